The molecule has 2 heterocycles. The highest BCUT2D eigenvalue weighted by Gasteiger charge is 2.36. The van der Waals surface area contributed by atoms with Crippen molar-refractivity contribution >= 4 is 5.91 Å². The molecule has 3 rings (SSSR count). The number of benzene rings is 1. The number of nitrogens with zero attached hydrogens (tertiary/aromatic N) is 2. The van der Waals surface area contributed by atoms with Crippen molar-refractivity contribution in [2.24, 2.45) is 5.92 Å². The van der Waals surface area contributed by atoms with Gasteiger partial charge in [0, 0.05) is 50.6 Å². The van der Waals surface area contributed by atoms with Gasteiger partial charge in [-0.25, -0.2) is 4.39 Å². The van der Waals surface area contributed by atoms with Crippen molar-refractivity contribution in [3.05, 3.63) is 59.8 Å². The SMILES string of the molecule is CC(=O)N(CC1CN(Cc2ccoc2)CC1c1cccc(F)c1)C(C)C. The summed E-state index contributed by atoms with van der Waals surface area (Å²) in [4.78, 5) is 16.3. The smallest absolute Gasteiger partial charge is 0.219 e. The van der Waals surface area contributed by atoms with Crippen LogP contribution in [0.4, 0.5) is 4.39 Å². The van der Waals surface area contributed by atoms with Crippen LogP contribution in [0.2, 0.25) is 0 Å². The number of hydrogen-bond donors (Lipinski definition) is 0. The number of carbonyl (C=O) groups excluding carboxylic acids is 1. The molecule has 0 aliphatic carbocycles. The number of amides is 1. The van der Waals surface area contributed by atoms with E-state index in [1.807, 2.05) is 30.9 Å². The van der Waals surface area contributed by atoms with Crippen LogP contribution in [0.5, 0.6) is 0 Å². The number of halogens is 1. The standard InChI is InChI=1S/C21H27FN2O2/c1-15(2)24(16(3)25)12-19-11-23(10-17-7-8-26-14-17)13-21(19)18-5-4-6-20(22)9-18/h4-9,14-15,19,21H,10-13H2,1-3H3. The normalized spacial score (nSPS) is 20.7. The zero-order chi connectivity index (χ0) is 18.7. The minimum Gasteiger partial charge on any atom is -0.472 e. The van der Waals surface area contributed by atoms with Gasteiger partial charge in [0.1, 0.15) is 5.82 Å². The number of likely N-dealkylation sites (tertiary alicyclic amines) is 1. The topological polar surface area (TPSA) is 36.7 Å². The van der Waals surface area contributed by atoms with Crippen molar-refractivity contribution in [1.29, 1.82) is 0 Å². The van der Waals surface area contributed by atoms with Gasteiger partial charge in [-0.3, -0.25) is 9.69 Å². The second kappa shape index (κ2) is 8.04. The predicted molar refractivity (Wildman–Crippen MR) is 99.1 cm³/mol. The van der Waals surface area contributed by atoms with Gasteiger partial charge in [0.05, 0.1) is 12.5 Å². The van der Waals surface area contributed by atoms with Crippen molar-refractivity contribution in [2.45, 2.75) is 39.3 Å². The van der Waals surface area contributed by atoms with Crippen molar-refractivity contribution in [3.63, 3.8) is 0 Å². The zero-order valence-corrected chi connectivity index (χ0v) is 15.7. The Morgan fingerprint density at radius 2 is 2.15 bits per heavy atom. The van der Waals surface area contributed by atoms with E-state index in [4.69, 9.17) is 4.42 Å². The van der Waals surface area contributed by atoms with Gasteiger partial charge in [-0.1, -0.05) is 12.1 Å². The molecular weight excluding hydrogens is 331 g/mol. The lowest BCUT2D eigenvalue weighted by molar-refractivity contribution is -0.131. The molecule has 5 heteroatoms. The Bertz CT molecular complexity index is 729. The van der Waals surface area contributed by atoms with Crippen LogP contribution in [0.1, 0.15) is 37.8 Å². The van der Waals surface area contributed by atoms with Crippen molar-refractivity contribution in [2.75, 3.05) is 19.6 Å². The first-order valence-electron chi connectivity index (χ1n) is 9.20. The minimum absolute atomic E-state index is 0.0891. The zero-order valence-electron chi connectivity index (χ0n) is 15.7. The number of carbonyl (C=O) groups is 1. The van der Waals surface area contributed by atoms with E-state index in [2.05, 4.69) is 4.90 Å². The Labute approximate surface area is 154 Å². The van der Waals surface area contributed by atoms with E-state index in [0.717, 1.165) is 30.8 Å². The van der Waals surface area contributed by atoms with Gasteiger partial charge < -0.3 is 9.32 Å². The molecule has 0 bridgehead atoms. The van der Waals surface area contributed by atoms with Crippen LogP contribution in [-0.4, -0.2) is 41.4 Å². The average Bonchev–Trinajstić information content (AvgIpc) is 3.22. The first-order valence-corrected chi connectivity index (χ1v) is 9.20. The molecule has 1 fully saturated rings. The molecule has 0 radical (unpaired) electrons. The maximum absolute atomic E-state index is 13.8. The summed E-state index contributed by atoms with van der Waals surface area (Å²) in [7, 11) is 0. The van der Waals surface area contributed by atoms with Gasteiger partial charge in [-0.2, -0.15) is 0 Å². The van der Waals surface area contributed by atoms with Gasteiger partial charge >= 0.3 is 0 Å². The van der Waals surface area contributed by atoms with E-state index < -0.39 is 0 Å². The van der Waals surface area contributed by atoms with Crippen LogP contribution < -0.4 is 0 Å². The predicted octanol–water partition coefficient (Wildman–Crippen LogP) is 3.89. The Balaban J connectivity index is 1.81. The Morgan fingerprint density at radius 1 is 1.35 bits per heavy atom. The molecule has 2 aromatic rings. The summed E-state index contributed by atoms with van der Waals surface area (Å²) in [6, 6.07) is 9.00. The third kappa shape index (κ3) is 4.33. The van der Waals surface area contributed by atoms with E-state index in [-0.39, 0.29) is 29.6 Å². The number of furan rings is 1. The molecule has 4 nitrogen and oxygen atoms in total. The molecule has 1 saturated heterocycles. The van der Waals surface area contributed by atoms with Crippen LogP contribution in [0.25, 0.3) is 0 Å². The van der Waals surface area contributed by atoms with Gasteiger partial charge in [0.2, 0.25) is 5.91 Å². The Morgan fingerprint density at radius 3 is 2.77 bits per heavy atom. The summed E-state index contributed by atoms with van der Waals surface area (Å²) in [6.45, 7) is 8.92. The summed E-state index contributed by atoms with van der Waals surface area (Å²) < 4.78 is 19.0. The highest BCUT2D eigenvalue weighted by Crippen LogP contribution is 2.34. The summed E-state index contributed by atoms with van der Waals surface area (Å²) in [6.07, 6.45) is 3.45. The average molecular weight is 358 g/mol. The third-order valence-electron chi connectivity index (χ3n) is 5.24. The fourth-order valence-electron chi connectivity index (χ4n) is 3.99. The van der Waals surface area contributed by atoms with Crippen molar-refractivity contribution in [1.82, 2.24) is 9.80 Å². The maximum atomic E-state index is 13.8. The van der Waals surface area contributed by atoms with E-state index >= 15 is 0 Å². The molecule has 26 heavy (non-hydrogen) atoms. The molecular formula is C21H27FN2O2. The first kappa shape index (κ1) is 18.6. The van der Waals surface area contributed by atoms with Gasteiger partial charge in [0.15, 0.2) is 0 Å². The summed E-state index contributed by atoms with van der Waals surface area (Å²) >= 11 is 0. The molecule has 140 valence electrons. The van der Waals surface area contributed by atoms with E-state index in [1.54, 1.807) is 31.6 Å². The first-order chi connectivity index (χ1) is 12.4. The van der Waals surface area contributed by atoms with Crippen molar-refractivity contribution < 1.29 is 13.6 Å². The molecule has 2 unspecified atom stereocenters. The summed E-state index contributed by atoms with van der Waals surface area (Å²) in [5.41, 5.74) is 2.15. The Hall–Kier alpha value is -2.14. The molecule has 0 spiro atoms. The van der Waals surface area contributed by atoms with Crippen LogP contribution in [0.15, 0.2) is 47.3 Å². The van der Waals surface area contributed by atoms with Crippen LogP contribution in [-0.2, 0) is 11.3 Å². The molecule has 2 atom stereocenters. The molecule has 0 saturated carbocycles. The molecule has 1 amide bonds. The Kier molecular flexibility index (Phi) is 5.77. The third-order valence-corrected chi connectivity index (χ3v) is 5.24. The molecule has 1 aliphatic rings. The van der Waals surface area contributed by atoms with E-state index in [9.17, 15) is 9.18 Å². The van der Waals surface area contributed by atoms with Crippen LogP contribution in [0, 0.1) is 11.7 Å². The second-order valence-electron chi connectivity index (χ2n) is 7.51. The molecule has 0 N–H and O–H groups in total. The quantitative estimate of drug-likeness (QED) is 0.786. The monoisotopic (exact) mass is 358 g/mol. The van der Waals surface area contributed by atoms with Crippen LogP contribution >= 0.6 is 0 Å². The second-order valence-corrected chi connectivity index (χ2v) is 7.51. The van der Waals surface area contributed by atoms with Crippen LogP contribution in [0.3, 0.4) is 0 Å². The lowest BCUT2D eigenvalue weighted by Crippen LogP contribution is -2.40. The highest BCUT2D eigenvalue weighted by molar-refractivity contribution is 5.73. The van der Waals surface area contributed by atoms with Gasteiger partial charge in [0.25, 0.3) is 0 Å². The highest BCUT2D eigenvalue weighted by atomic mass is 19.1. The van der Waals surface area contributed by atoms with E-state index in [1.165, 1.54) is 6.07 Å². The molecule has 1 aliphatic heterocycles. The van der Waals surface area contributed by atoms with Gasteiger partial charge in [-0.05, 0) is 43.5 Å². The minimum atomic E-state index is -0.207. The fourth-order valence-corrected chi connectivity index (χ4v) is 3.99. The maximum Gasteiger partial charge on any atom is 0.219 e. The molecule has 1 aromatic carbocycles. The summed E-state index contributed by atoms with van der Waals surface area (Å²) in [5, 5.41) is 0. The molecule has 1 aromatic heterocycles. The lowest BCUT2D eigenvalue weighted by atomic mass is 9.88. The fraction of sp³-hybridized carbons (Fsp3) is 0.476. The van der Waals surface area contributed by atoms with Crippen molar-refractivity contribution in [3.8, 4) is 0 Å². The summed E-state index contributed by atoms with van der Waals surface area (Å²) in [5.74, 6) is 0.362. The van der Waals surface area contributed by atoms with E-state index in [0.29, 0.717) is 6.54 Å². The lowest BCUT2D eigenvalue weighted by Gasteiger charge is -2.30. The largest absolute Gasteiger partial charge is 0.472 e. The van der Waals surface area contributed by atoms with Gasteiger partial charge in [-0.15, -0.1) is 0 Å². The number of rotatable bonds is 6. The number of hydrogen-bond acceptors (Lipinski definition) is 3.